The molecule has 7 nitrogen and oxygen atoms in total. The number of nitrogens with zero attached hydrogens (tertiary/aromatic N) is 2. The van der Waals surface area contributed by atoms with E-state index in [0.717, 1.165) is 35.7 Å². The predicted octanol–water partition coefficient (Wildman–Crippen LogP) is 3.73. The zero-order valence-electron chi connectivity index (χ0n) is 14.3. The van der Waals surface area contributed by atoms with Crippen molar-refractivity contribution < 1.29 is 14.3 Å². The Morgan fingerprint density at radius 1 is 1.30 bits per heavy atom. The van der Waals surface area contributed by atoms with Crippen LogP contribution in [-0.2, 0) is 17.6 Å². The lowest BCUT2D eigenvalue weighted by Crippen LogP contribution is -2.03. The van der Waals surface area contributed by atoms with Crippen LogP contribution in [0.5, 0.6) is 0 Å². The van der Waals surface area contributed by atoms with Crippen molar-refractivity contribution in [2.45, 2.75) is 25.7 Å². The number of anilines is 3. The molecule has 0 bridgehead atoms. The lowest BCUT2D eigenvalue weighted by Gasteiger charge is -2.13. The first-order valence-electron chi connectivity index (χ1n) is 8.28. The molecule has 4 rings (SSSR count). The van der Waals surface area contributed by atoms with Gasteiger partial charge in [0, 0.05) is 22.3 Å². The quantitative estimate of drug-likeness (QED) is 0.308. The molecule has 0 amide bonds. The monoisotopic (exact) mass is 387 g/mol. The molecule has 1 aliphatic carbocycles. The van der Waals surface area contributed by atoms with E-state index in [0.29, 0.717) is 11.4 Å². The molecule has 0 spiro atoms. The number of halogens is 1. The Balaban J connectivity index is 0.000000659. The summed E-state index contributed by atoms with van der Waals surface area (Å²) in [5, 5.41) is 18.3. The number of fused-ring (bicyclic) bond motifs is 3. The molecule has 9 heteroatoms. The lowest BCUT2D eigenvalue weighted by molar-refractivity contribution is -0.122. The average molecular weight is 387 g/mol. The number of rotatable bonds is 3. The van der Waals surface area contributed by atoms with Crippen molar-refractivity contribution in [1.29, 1.82) is 5.41 Å². The van der Waals surface area contributed by atoms with Gasteiger partial charge in [0.15, 0.2) is 0 Å². The van der Waals surface area contributed by atoms with Gasteiger partial charge in [0.1, 0.15) is 22.8 Å². The van der Waals surface area contributed by atoms with E-state index in [-0.39, 0.29) is 17.8 Å². The normalized spacial score (nSPS) is 12.6. The van der Waals surface area contributed by atoms with Gasteiger partial charge in [-0.25, -0.2) is 14.4 Å². The molecular weight excluding hydrogens is 369 g/mol. The highest BCUT2D eigenvalue weighted by Gasteiger charge is 2.20. The number of hydrogen-bond acceptors (Lipinski definition) is 7. The Morgan fingerprint density at radius 3 is 2.78 bits per heavy atom. The van der Waals surface area contributed by atoms with Gasteiger partial charge >= 0.3 is 0 Å². The largest absolute Gasteiger partial charge is 0.483 e. The summed E-state index contributed by atoms with van der Waals surface area (Å²) in [5.41, 5.74) is 7.98. The van der Waals surface area contributed by atoms with Crippen LogP contribution in [0.15, 0.2) is 18.5 Å². The Hall–Kier alpha value is -3.07. The van der Waals surface area contributed by atoms with Gasteiger partial charge in [0.25, 0.3) is 6.47 Å². The number of hydrogen-bond donors (Lipinski definition) is 4. The standard InChI is InChI=1S/C17H16FN5S.CH2O2/c18-11-6-12(20)9(7-19)5-13(11)23-16-15-10-3-1-2-4-14(10)24-17(15)22-8-21-16;2-1-3/h5-8,19H,1-4,20H2,(H,21,22,23);1H,(H,2,3). The molecule has 1 aliphatic rings. The number of aryl methyl sites for hydroxylation is 2. The van der Waals surface area contributed by atoms with Crippen molar-refractivity contribution in [2.24, 2.45) is 0 Å². The summed E-state index contributed by atoms with van der Waals surface area (Å²) >= 11 is 1.70. The van der Waals surface area contributed by atoms with Crippen molar-refractivity contribution in [3.8, 4) is 0 Å². The first-order valence-corrected chi connectivity index (χ1v) is 9.10. The van der Waals surface area contributed by atoms with E-state index in [4.69, 9.17) is 21.0 Å². The molecule has 2 heterocycles. The van der Waals surface area contributed by atoms with Crippen LogP contribution in [-0.4, -0.2) is 27.8 Å². The summed E-state index contributed by atoms with van der Waals surface area (Å²) in [4.78, 5) is 19.4. The van der Waals surface area contributed by atoms with Crippen molar-refractivity contribution in [3.05, 3.63) is 40.3 Å². The average Bonchev–Trinajstić information content (AvgIpc) is 3.04. The van der Waals surface area contributed by atoms with Crippen LogP contribution < -0.4 is 11.1 Å². The molecule has 0 unspecified atom stereocenters. The second kappa shape index (κ2) is 8.09. The maximum absolute atomic E-state index is 14.3. The number of nitrogen functional groups attached to an aromatic ring is 1. The van der Waals surface area contributed by atoms with Crippen molar-refractivity contribution in [1.82, 2.24) is 9.97 Å². The van der Waals surface area contributed by atoms with Crippen molar-refractivity contribution in [2.75, 3.05) is 11.1 Å². The van der Waals surface area contributed by atoms with Crippen LogP contribution in [0.2, 0.25) is 0 Å². The highest BCUT2D eigenvalue weighted by Crippen LogP contribution is 2.39. The van der Waals surface area contributed by atoms with Gasteiger partial charge in [-0.2, -0.15) is 0 Å². The number of nitrogens with one attached hydrogen (secondary N) is 2. The van der Waals surface area contributed by atoms with Crippen LogP contribution in [0.1, 0.15) is 28.8 Å². The Labute approximate surface area is 158 Å². The van der Waals surface area contributed by atoms with Gasteiger partial charge in [-0.1, -0.05) is 0 Å². The first-order chi connectivity index (χ1) is 13.1. The molecule has 27 heavy (non-hydrogen) atoms. The number of nitrogens with two attached hydrogens (primary N) is 1. The van der Waals surface area contributed by atoms with Crippen LogP contribution in [0.25, 0.3) is 10.2 Å². The zero-order chi connectivity index (χ0) is 19.4. The second-order valence-electron chi connectivity index (χ2n) is 5.95. The third kappa shape index (κ3) is 3.72. The zero-order valence-corrected chi connectivity index (χ0v) is 15.1. The Bertz CT molecular complexity index is 1010. The van der Waals surface area contributed by atoms with Gasteiger partial charge in [0.2, 0.25) is 0 Å². The van der Waals surface area contributed by atoms with Gasteiger partial charge < -0.3 is 21.6 Å². The fraction of sp³-hybridized carbons (Fsp3) is 0.222. The summed E-state index contributed by atoms with van der Waals surface area (Å²) in [6.45, 7) is -0.250. The maximum Gasteiger partial charge on any atom is 0.290 e. The summed E-state index contributed by atoms with van der Waals surface area (Å²) < 4.78 is 14.3. The minimum Gasteiger partial charge on any atom is -0.483 e. The summed E-state index contributed by atoms with van der Waals surface area (Å²) in [7, 11) is 0. The fourth-order valence-electron chi connectivity index (χ4n) is 3.14. The van der Waals surface area contributed by atoms with Gasteiger partial charge in [0.05, 0.1) is 11.1 Å². The molecule has 3 aromatic rings. The highest BCUT2D eigenvalue weighted by molar-refractivity contribution is 7.19. The van der Waals surface area contributed by atoms with Crippen molar-refractivity contribution in [3.63, 3.8) is 0 Å². The minimum absolute atomic E-state index is 0.244. The molecule has 0 atom stereocenters. The summed E-state index contributed by atoms with van der Waals surface area (Å²) in [5.74, 6) is 0.146. The van der Waals surface area contributed by atoms with E-state index < -0.39 is 5.82 Å². The molecule has 0 radical (unpaired) electrons. The predicted molar refractivity (Wildman–Crippen MR) is 105 cm³/mol. The van der Waals surface area contributed by atoms with E-state index >= 15 is 0 Å². The molecular formula is C18H18FN5O2S. The number of thiophene rings is 1. The highest BCUT2D eigenvalue weighted by atomic mass is 32.1. The van der Waals surface area contributed by atoms with Crippen LogP contribution in [0.3, 0.4) is 0 Å². The van der Waals surface area contributed by atoms with E-state index in [1.165, 1.54) is 35.3 Å². The molecule has 140 valence electrons. The van der Waals surface area contributed by atoms with Gasteiger partial charge in [-0.05, 0) is 43.4 Å². The molecule has 1 aromatic carbocycles. The Morgan fingerprint density at radius 2 is 2.04 bits per heavy atom. The third-order valence-corrected chi connectivity index (χ3v) is 5.53. The molecule has 5 N–H and O–H groups in total. The van der Waals surface area contributed by atoms with E-state index in [1.807, 2.05) is 0 Å². The molecule has 0 fully saturated rings. The smallest absolute Gasteiger partial charge is 0.290 e. The molecule has 0 saturated heterocycles. The fourth-order valence-corrected chi connectivity index (χ4v) is 4.37. The van der Waals surface area contributed by atoms with Crippen LogP contribution >= 0.6 is 11.3 Å². The number of carbonyl (C=O) groups is 1. The molecule has 0 saturated carbocycles. The minimum atomic E-state index is -0.464. The Kier molecular flexibility index (Phi) is 5.60. The van der Waals surface area contributed by atoms with E-state index in [1.54, 1.807) is 11.3 Å². The first kappa shape index (κ1) is 18.7. The number of carboxylic acid groups (broad SMARTS) is 1. The molecule has 0 aliphatic heterocycles. The molecule has 2 aromatic heterocycles. The van der Waals surface area contributed by atoms with Gasteiger partial charge in [-0.3, -0.25) is 4.79 Å². The summed E-state index contributed by atoms with van der Waals surface area (Å²) in [6.07, 6.45) is 7.05. The lowest BCUT2D eigenvalue weighted by atomic mass is 9.97. The van der Waals surface area contributed by atoms with Crippen LogP contribution in [0, 0.1) is 11.2 Å². The van der Waals surface area contributed by atoms with Gasteiger partial charge in [-0.15, -0.1) is 11.3 Å². The SMILES string of the molecule is N=Cc1cc(Nc2ncnc3sc4c(c23)CCCC4)c(F)cc1N.O=CO. The van der Waals surface area contributed by atoms with E-state index in [2.05, 4.69) is 15.3 Å². The second-order valence-corrected chi connectivity index (χ2v) is 7.03. The maximum atomic E-state index is 14.3. The van der Waals surface area contributed by atoms with Crippen LogP contribution in [0.4, 0.5) is 21.6 Å². The number of aromatic nitrogens is 2. The van der Waals surface area contributed by atoms with Crippen molar-refractivity contribution >= 4 is 51.4 Å². The topological polar surface area (TPSA) is 125 Å². The summed E-state index contributed by atoms with van der Waals surface area (Å²) in [6, 6.07) is 2.76. The third-order valence-electron chi connectivity index (χ3n) is 4.33. The number of benzene rings is 1. The van der Waals surface area contributed by atoms with E-state index in [9.17, 15) is 4.39 Å².